The lowest BCUT2D eigenvalue weighted by Gasteiger charge is -2.40. The molecule has 0 bridgehead atoms. The summed E-state index contributed by atoms with van der Waals surface area (Å²) in [7, 11) is -1.76. The summed E-state index contributed by atoms with van der Waals surface area (Å²) in [5.74, 6) is -0.485. The number of hydrazine groups is 1. The molecular formula is C21H28FN5O4S. The van der Waals surface area contributed by atoms with Gasteiger partial charge in [0.25, 0.3) is 0 Å². The Morgan fingerprint density at radius 1 is 1.31 bits per heavy atom. The fourth-order valence-corrected chi connectivity index (χ4v) is 4.47. The highest BCUT2D eigenvalue weighted by Gasteiger charge is 2.31. The summed E-state index contributed by atoms with van der Waals surface area (Å²) in [4.78, 5) is 17.7. The Balaban J connectivity index is 1.77. The summed E-state index contributed by atoms with van der Waals surface area (Å²) in [5.41, 5.74) is 4.65. The molecular weight excluding hydrogens is 437 g/mol. The summed E-state index contributed by atoms with van der Waals surface area (Å²) >= 11 is 0. The zero-order valence-corrected chi connectivity index (χ0v) is 19.2. The number of methoxy groups -OCH3 is 1. The summed E-state index contributed by atoms with van der Waals surface area (Å²) in [6.07, 6.45) is 3.26. The molecule has 0 unspecified atom stereocenters. The van der Waals surface area contributed by atoms with Crippen molar-refractivity contribution in [3.63, 3.8) is 0 Å². The Hall–Kier alpha value is -2.60. The lowest BCUT2D eigenvalue weighted by Crippen LogP contribution is -2.55. The number of hydrogen-bond acceptors (Lipinski definition) is 7. The lowest BCUT2D eigenvalue weighted by molar-refractivity contribution is -0.107. The molecule has 0 saturated carbocycles. The van der Waals surface area contributed by atoms with Crippen LogP contribution in [0.25, 0.3) is 0 Å². The zero-order valence-electron chi connectivity index (χ0n) is 18.4. The van der Waals surface area contributed by atoms with Gasteiger partial charge in [0.15, 0.2) is 5.82 Å². The van der Waals surface area contributed by atoms with Gasteiger partial charge >= 0.3 is 0 Å². The van der Waals surface area contributed by atoms with Crippen LogP contribution in [0.2, 0.25) is 0 Å². The van der Waals surface area contributed by atoms with Gasteiger partial charge in [0.1, 0.15) is 0 Å². The summed E-state index contributed by atoms with van der Waals surface area (Å²) in [5, 5.41) is 1.16. The quantitative estimate of drug-likeness (QED) is 0.444. The molecule has 2 heterocycles. The van der Waals surface area contributed by atoms with E-state index in [9.17, 15) is 13.2 Å². The van der Waals surface area contributed by atoms with E-state index in [0.717, 1.165) is 10.7 Å². The minimum absolute atomic E-state index is 0.147. The van der Waals surface area contributed by atoms with Gasteiger partial charge in [0, 0.05) is 50.6 Å². The fraction of sp³-hybridized carbons (Fsp3) is 0.429. The molecule has 1 fully saturated rings. The Kier molecular flexibility index (Phi) is 7.77. The minimum atomic E-state index is -3.31. The van der Waals surface area contributed by atoms with Crippen molar-refractivity contribution < 1.29 is 22.3 Å². The van der Waals surface area contributed by atoms with Crippen LogP contribution in [0.4, 0.5) is 15.8 Å². The molecule has 0 radical (unpaired) electrons. The molecule has 32 heavy (non-hydrogen) atoms. The van der Waals surface area contributed by atoms with Gasteiger partial charge in [-0.15, -0.1) is 0 Å². The number of aromatic nitrogens is 1. The molecule has 9 nitrogen and oxygen atoms in total. The van der Waals surface area contributed by atoms with Crippen LogP contribution in [0.15, 0.2) is 36.5 Å². The van der Waals surface area contributed by atoms with E-state index in [4.69, 9.17) is 4.74 Å². The topological polar surface area (TPSA) is 95.1 Å². The number of pyridine rings is 1. The van der Waals surface area contributed by atoms with Crippen LogP contribution in [0.1, 0.15) is 11.3 Å². The number of sulfonamides is 1. The van der Waals surface area contributed by atoms with Crippen LogP contribution in [-0.2, 0) is 26.1 Å². The molecule has 1 atom stereocenters. The van der Waals surface area contributed by atoms with Gasteiger partial charge in [-0.1, -0.05) is 12.1 Å². The molecule has 1 saturated heterocycles. The number of halogens is 1. The van der Waals surface area contributed by atoms with Crippen LogP contribution in [0, 0.1) is 12.7 Å². The fourth-order valence-electron chi connectivity index (χ4n) is 3.62. The molecule has 174 valence electrons. The maximum atomic E-state index is 15.3. The highest BCUT2D eigenvalue weighted by atomic mass is 32.2. The van der Waals surface area contributed by atoms with Gasteiger partial charge in [-0.3, -0.25) is 20.1 Å². The number of rotatable bonds is 9. The maximum Gasteiger partial charge on any atom is 0.232 e. The second-order valence-corrected chi connectivity index (χ2v) is 9.71. The van der Waals surface area contributed by atoms with Crippen LogP contribution in [-0.4, -0.2) is 74.7 Å². The number of nitrogens with zero attached hydrogens (tertiary/aromatic N) is 4. The van der Waals surface area contributed by atoms with Crippen molar-refractivity contribution in [2.45, 2.75) is 19.5 Å². The highest BCUT2D eigenvalue weighted by molar-refractivity contribution is 7.88. The van der Waals surface area contributed by atoms with Crippen molar-refractivity contribution in [3.05, 3.63) is 53.6 Å². The van der Waals surface area contributed by atoms with Crippen molar-refractivity contribution in [3.8, 4) is 0 Å². The van der Waals surface area contributed by atoms with Crippen LogP contribution < -0.4 is 10.4 Å². The van der Waals surface area contributed by atoms with Crippen molar-refractivity contribution >= 4 is 27.8 Å². The first-order valence-electron chi connectivity index (χ1n) is 10.1. The van der Waals surface area contributed by atoms with E-state index in [-0.39, 0.29) is 24.8 Å². The van der Waals surface area contributed by atoms with Crippen LogP contribution >= 0.6 is 0 Å². The monoisotopic (exact) mass is 465 g/mol. The number of benzene rings is 1. The number of carbonyl (C=O) groups excluding carboxylic acids is 1. The predicted molar refractivity (Wildman–Crippen MR) is 120 cm³/mol. The molecule has 0 spiro atoms. The molecule has 1 amide bonds. The SMILES string of the molecule is COC[C@@H]1CN(S(C)(=O)=O)CCN1Cc1cccc(NN(C=O)c2ccc(C)nc2)c1F. The number of carbonyl (C=O) groups is 1. The molecule has 1 N–H and O–H groups in total. The van der Waals surface area contributed by atoms with E-state index in [1.807, 2.05) is 11.8 Å². The van der Waals surface area contributed by atoms with Gasteiger partial charge in [-0.05, 0) is 25.1 Å². The predicted octanol–water partition coefficient (Wildman–Crippen LogP) is 1.61. The highest BCUT2D eigenvalue weighted by Crippen LogP contribution is 2.24. The molecule has 3 rings (SSSR count). The third-order valence-corrected chi connectivity index (χ3v) is 6.64. The second kappa shape index (κ2) is 10.3. The third-order valence-electron chi connectivity index (χ3n) is 5.37. The van der Waals surface area contributed by atoms with Crippen molar-refractivity contribution in [1.29, 1.82) is 0 Å². The van der Waals surface area contributed by atoms with E-state index < -0.39 is 15.8 Å². The van der Waals surface area contributed by atoms with Crippen LogP contribution in [0.3, 0.4) is 0 Å². The molecule has 11 heteroatoms. The third kappa shape index (κ3) is 5.80. The standard InChI is InChI=1S/C21H28FN5O4S/c1-16-7-8-18(11-23-16)27(15-28)24-20-6-4-5-17(21(20)22)12-25-9-10-26(32(3,29)30)13-19(25)14-31-2/h4-8,11,15,19,24H,9-10,12-14H2,1-3H3/t19-/m0/s1. The zero-order chi connectivity index (χ0) is 23.3. The number of anilines is 2. The molecule has 2 aromatic rings. The Morgan fingerprint density at radius 2 is 2.09 bits per heavy atom. The van der Waals surface area contributed by atoms with Gasteiger partial charge < -0.3 is 4.74 Å². The van der Waals surface area contributed by atoms with Crippen molar-refractivity contribution in [2.24, 2.45) is 0 Å². The van der Waals surface area contributed by atoms with E-state index >= 15 is 4.39 Å². The molecule has 0 aliphatic carbocycles. The van der Waals surface area contributed by atoms with Crippen LogP contribution in [0.5, 0.6) is 0 Å². The number of piperazine rings is 1. The summed E-state index contributed by atoms with van der Waals surface area (Å²) < 4.78 is 45.8. The lowest BCUT2D eigenvalue weighted by atomic mass is 10.1. The molecule has 1 aromatic heterocycles. The number of ether oxygens (including phenoxy) is 1. The minimum Gasteiger partial charge on any atom is -0.383 e. The number of amides is 1. The van der Waals surface area contributed by atoms with Gasteiger partial charge in [-0.2, -0.15) is 4.31 Å². The first-order chi connectivity index (χ1) is 15.2. The summed E-state index contributed by atoms with van der Waals surface area (Å²) in [6, 6.07) is 8.19. The van der Waals surface area contributed by atoms with Crippen molar-refractivity contribution in [2.75, 3.05) is 50.0 Å². The molecule has 1 aliphatic rings. The maximum absolute atomic E-state index is 15.3. The van der Waals surface area contributed by atoms with Crippen molar-refractivity contribution in [1.82, 2.24) is 14.2 Å². The average Bonchev–Trinajstić information content (AvgIpc) is 2.75. The Bertz CT molecular complexity index is 1030. The van der Waals surface area contributed by atoms with E-state index in [1.165, 1.54) is 16.8 Å². The normalized spacial score (nSPS) is 17.8. The number of aryl methyl sites for hydroxylation is 1. The number of hydrogen-bond donors (Lipinski definition) is 1. The van der Waals surface area contributed by atoms with Gasteiger partial charge in [-0.25, -0.2) is 17.8 Å². The van der Waals surface area contributed by atoms with E-state index in [1.54, 1.807) is 37.4 Å². The molecule has 1 aromatic carbocycles. The van der Waals surface area contributed by atoms with Gasteiger partial charge in [0.2, 0.25) is 16.4 Å². The summed E-state index contributed by atoms with van der Waals surface area (Å²) in [6.45, 7) is 3.50. The average molecular weight is 466 g/mol. The largest absolute Gasteiger partial charge is 0.383 e. The second-order valence-electron chi connectivity index (χ2n) is 7.72. The first kappa shape index (κ1) is 24.1. The smallest absolute Gasteiger partial charge is 0.232 e. The van der Waals surface area contributed by atoms with E-state index in [2.05, 4.69) is 10.4 Å². The Morgan fingerprint density at radius 3 is 2.72 bits per heavy atom. The first-order valence-corrected chi connectivity index (χ1v) is 12.0. The number of nitrogens with one attached hydrogen (secondary N) is 1. The van der Waals surface area contributed by atoms with Gasteiger partial charge in [0.05, 0.1) is 30.4 Å². The van der Waals surface area contributed by atoms with E-state index in [0.29, 0.717) is 37.4 Å². The molecule has 1 aliphatic heterocycles. The Labute approximate surface area is 187 Å².